The number of hydrogen-bond donors (Lipinski definition) is 2. The molecule has 0 radical (unpaired) electrons. The molecule has 0 saturated heterocycles. The molecule has 114 valence electrons. The van der Waals surface area contributed by atoms with Crippen molar-refractivity contribution in [2.24, 2.45) is 5.10 Å². The van der Waals surface area contributed by atoms with Crippen LogP contribution in [0, 0.1) is 6.92 Å². The summed E-state index contributed by atoms with van der Waals surface area (Å²) >= 11 is 0. The van der Waals surface area contributed by atoms with E-state index in [4.69, 9.17) is 0 Å². The van der Waals surface area contributed by atoms with E-state index < -0.39 is 0 Å². The number of benzene rings is 2. The Bertz CT molecular complexity index is 814. The van der Waals surface area contributed by atoms with Gasteiger partial charge in [-0.25, -0.2) is 9.97 Å². The van der Waals surface area contributed by atoms with Crippen LogP contribution in [-0.4, -0.2) is 21.3 Å². The number of hydrazone groups is 1. The van der Waals surface area contributed by atoms with Gasteiger partial charge in [-0.05, 0) is 36.8 Å². The van der Waals surface area contributed by atoms with Gasteiger partial charge in [-0.3, -0.25) is 5.43 Å². The summed E-state index contributed by atoms with van der Waals surface area (Å²) in [5.41, 5.74) is 5.67. The molecule has 0 atom stereocenters. The summed E-state index contributed by atoms with van der Waals surface area (Å²) in [5, 5.41) is 13.4. The summed E-state index contributed by atoms with van der Waals surface area (Å²) in [7, 11) is 0. The molecule has 0 amide bonds. The topological polar surface area (TPSA) is 70.4 Å². The van der Waals surface area contributed by atoms with Gasteiger partial charge in [0.05, 0.1) is 11.9 Å². The van der Waals surface area contributed by atoms with Crippen LogP contribution >= 0.6 is 0 Å². The molecule has 0 aliphatic rings. The van der Waals surface area contributed by atoms with Crippen molar-refractivity contribution in [2.75, 3.05) is 5.43 Å². The van der Waals surface area contributed by atoms with E-state index in [1.807, 2.05) is 43.3 Å². The highest BCUT2D eigenvalue weighted by Crippen LogP contribution is 2.19. The molecule has 1 heterocycles. The molecular formula is C18H16N4O. The zero-order valence-electron chi connectivity index (χ0n) is 12.6. The van der Waals surface area contributed by atoms with Crippen molar-refractivity contribution in [3.63, 3.8) is 0 Å². The Balaban J connectivity index is 1.78. The van der Waals surface area contributed by atoms with Gasteiger partial charge < -0.3 is 5.11 Å². The van der Waals surface area contributed by atoms with Crippen molar-refractivity contribution in [3.05, 3.63) is 72.1 Å². The second-order valence-electron chi connectivity index (χ2n) is 5.01. The summed E-state index contributed by atoms with van der Waals surface area (Å²) in [6.07, 6.45) is 1.67. The first kappa shape index (κ1) is 14.7. The van der Waals surface area contributed by atoms with Gasteiger partial charge in [0, 0.05) is 11.6 Å². The SMILES string of the molecule is Cc1nc(NN=Cc2ccc(O)cc2)cc(-c2ccccc2)n1. The fourth-order valence-electron chi connectivity index (χ4n) is 2.12. The number of hydrogen-bond acceptors (Lipinski definition) is 5. The zero-order chi connectivity index (χ0) is 16.1. The highest BCUT2D eigenvalue weighted by atomic mass is 16.3. The van der Waals surface area contributed by atoms with Crippen molar-refractivity contribution >= 4 is 12.0 Å². The van der Waals surface area contributed by atoms with Crippen molar-refractivity contribution in [1.29, 1.82) is 0 Å². The maximum atomic E-state index is 9.25. The summed E-state index contributed by atoms with van der Waals surface area (Å²) in [5.74, 6) is 1.54. The number of phenols is 1. The lowest BCUT2D eigenvalue weighted by Crippen LogP contribution is -1.98. The van der Waals surface area contributed by atoms with Gasteiger partial charge in [0.15, 0.2) is 0 Å². The van der Waals surface area contributed by atoms with Gasteiger partial charge in [-0.1, -0.05) is 30.3 Å². The highest BCUT2D eigenvalue weighted by molar-refractivity contribution is 5.80. The second kappa shape index (κ2) is 6.70. The van der Waals surface area contributed by atoms with E-state index in [-0.39, 0.29) is 5.75 Å². The van der Waals surface area contributed by atoms with Crippen LogP contribution in [0.5, 0.6) is 5.75 Å². The molecule has 2 N–H and O–H groups in total. The molecule has 23 heavy (non-hydrogen) atoms. The first-order valence-corrected chi connectivity index (χ1v) is 7.20. The average molecular weight is 304 g/mol. The van der Waals surface area contributed by atoms with E-state index in [1.54, 1.807) is 30.5 Å². The molecular weight excluding hydrogens is 288 g/mol. The lowest BCUT2D eigenvalue weighted by molar-refractivity contribution is 0.475. The van der Waals surface area contributed by atoms with Crippen molar-refractivity contribution in [2.45, 2.75) is 6.92 Å². The number of phenolic OH excluding ortho intramolecular Hbond substituents is 1. The Kier molecular flexibility index (Phi) is 4.29. The Morgan fingerprint density at radius 2 is 1.74 bits per heavy atom. The Labute approximate surface area is 134 Å². The largest absolute Gasteiger partial charge is 0.508 e. The molecule has 0 aliphatic carbocycles. The highest BCUT2D eigenvalue weighted by Gasteiger charge is 2.03. The molecule has 0 saturated carbocycles. The van der Waals surface area contributed by atoms with E-state index >= 15 is 0 Å². The minimum Gasteiger partial charge on any atom is -0.508 e. The van der Waals surface area contributed by atoms with E-state index in [2.05, 4.69) is 20.5 Å². The van der Waals surface area contributed by atoms with E-state index in [1.165, 1.54) is 0 Å². The number of rotatable bonds is 4. The Morgan fingerprint density at radius 1 is 1.00 bits per heavy atom. The van der Waals surface area contributed by atoms with Crippen LogP contribution in [0.15, 0.2) is 65.8 Å². The smallest absolute Gasteiger partial charge is 0.150 e. The predicted molar refractivity (Wildman–Crippen MR) is 91.5 cm³/mol. The van der Waals surface area contributed by atoms with Gasteiger partial charge in [-0.15, -0.1) is 0 Å². The maximum Gasteiger partial charge on any atom is 0.150 e. The van der Waals surface area contributed by atoms with E-state index in [0.717, 1.165) is 16.8 Å². The normalized spacial score (nSPS) is 10.8. The van der Waals surface area contributed by atoms with Crippen molar-refractivity contribution in [1.82, 2.24) is 9.97 Å². The van der Waals surface area contributed by atoms with Crippen LogP contribution in [0.2, 0.25) is 0 Å². The molecule has 5 heteroatoms. The summed E-state index contributed by atoms with van der Waals surface area (Å²) in [6, 6.07) is 18.6. The van der Waals surface area contributed by atoms with Crippen LogP contribution in [0.25, 0.3) is 11.3 Å². The average Bonchev–Trinajstić information content (AvgIpc) is 2.57. The molecule has 0 aliphatic heterocycles. The Morgan fingerprint density at radius 3 is 2.48 bits per heavy atom. The quantitative estimate of drug-likeness (QED) is 0.570. The molecule has 2 aromatic carbocycles. The monoisotopic (exact) mass is 304 g/mol. The minimum absolute atomic E-state index is 0.231. The minimum atomic E-state index is 0.231. The fourth-order valence-corrected chi connectivity index (χ4v) is 2.12. The molecule has 0 unspecified atom stereocenters. The lowest BCUT2D eigenvalue weighted by atomic mass is 10.1. The maximum absolute atomic E-state index is 9.25. The molecule has 3 aromatic rings. The molecule has 5 nitrogen and oxygen atoms in total. The van der Waals surface area contributed by atoms with Crippen LogP contribution in [0.1, 0.15) is 11.4 Å². The van der Waals surface area contributed by atoms with Crippen molar-refractivity contribution in [3.8, 4) is 17.0 Å². The van der Waals surface area contributed by atoms with Crippen LogP contribution in [-0.2, 0) is 0 Å². The molecule has 0 bridgehead atoms. The lowest BCUT2D eigenvalue weighted by Gasteiger charge is -2.05. The van der Waals surface area contributed by atoms with E-state index in [9.17, 15) is 5.11 Å². The zero-order valence-corrected chi connectivity index (χ0v) is 12.6. The number of aryl methyl sites for hydroxylation is 1. The van der Waals surface area contributed by atoms with Gasteiger partial charge >= 0.3 is 0 Å². The number of anilines is 1. The Hall–Kier alpha value is -3.21. The van der Waals surface area contributed by atoms with Gasteiger partial charge in [0.25, 0.3) is 0 Å². The van der Waals surface area contributed by atoms with Crippen LogP contribution in [0.4, 0.5) is 5.82 Å². The third-order valence-electron chi connectivity index (χ3n) is 3.19. The standard InChI is InChI=1S/C18H16N4O/c1-13-20-17(15-5-3-2-4-6-15)11-18(21-13)22-19-12-14-7-9-16(23)10-8-14/h2-12,23H,1H3,(H,20,21,22). The number of aromatic hydroxyl groups is 1. The third kappa shape index (κ3) is 3.91. The predicted octanol–water partition coefficient (Wildman–Crippen LogP) is 3.60. The van der Waals surface area contributed by atoms with Gasteiger partial charge in [-0.2, -0.15) is 5.10 Å². The molecule has 0 spiro atoms. The summed E-state index contributed by atoms with van der Waals surface area (Å²) in [6.45, 7) is 1.85. The number of nitrogens with one attached hydrogen (secondary N) is 1. The van der Waals surface area contributed by atoms with Crippen LogP contribution in [0.3, 0.4) is 0 Å². The summed E-state index contributed by atoms with van der Waals surface area (Å²) < 4.78 is 0. The fraction of sp³-hybridized carbons (Fsp3) is 0.0556. The van der Waals surface area contributed by atoms with Crippen LogP contribution < -0.4 is 5.43 Å². The molecule has 3 rings (SSSR count). The van der Waals surface area contributed by atoms with E-state index in [0.29, 0.717) is 11.6 Å². The number of aromatic nitrogens is 2. The summed E-state index contributed by atoms with van der Waals surface area (Å²) in [4.78, 5) is 8.78. The first-order valence-electron chi connectivity index (χ1n) is 7.20. The van der Waals surface area contributed by atoms with Gasteiger partial charge in [0.2, 0.25) is 0 Å². The van der Waals surface area contributed by atoms with Gasteiger partial charge in [0.1, 0.15) is 17.4 Å². The number of nitrogens with zero attached hydrogens (tertiary/aromatic N) is 3. The first-order chi connectivity index (χ1) is 11.2. The second-order valence-corrected chi connectivity index (χ2v) is 5.01. The third-order valence-corrected chi connectivity index (χ3v) is 3.19. The van der Waals surface area contributed by atoms with Crippen molar-refractivity contribution < 1.29 is 5.11 Å². The molecule has 1 aromatic heterocycles. The molecule has 0 fully saturated rings.